The van der Waals surface area contributed by atoms with Gasteiger partial charge in [-0.1, -0.05) is 0 Å². The van der Waals surface area contributed by atoms with E-state index in [1.54, 1.807) is 11.3 Å². The van der Waals surface area contributed by atoms with Crippen LogP contribution in [0.25, 0.3) is 0 Å². The summed E-state index contributed by atoms with van der Waals surface area (Å²) in [5.41, 5.74) is 0. The van der Waals surface area contributed by atoms with Crippen LogP contribution < -0.4 is 5.32 Å². The summed E-state index contributed by atoms with van der Waals surface area (Å²) in [5.74, 6) is 0.231. The molecule has 66 valence electrons. The molecule has 0 radical (unpaired) electrons. The normalized spacial score (nSPS) is 9.83. The molecule has 4 heteroatoms. The van der Waals surface area contributed by atoms with Gasteiger partial charge in [0, 0.05) is 9.75 Å². The zero-order chi connectivity index (χ0) is 8.97. The fourth-order valence-electron chi connectivity index (χ4n) is 0.822. The van der Waals surface area contributed by atoms with Crippen LogP contribution in [-0.2, 0) is 11.3 Å². The van der Waals surface area contributed by atoms with Crippen LogP contribution in [0.1, 0.15) is 9.75 Å². The lowest BCUT2D eigenvalue weighted by Crippen LogP contribution is -2.23. The van der Waals surface area contributed by atoms with Crippen molar-refractivity contribution in [1.29, 1.82) is 0 Å². The molecule has 2 nitrogen and oxygen atoms in total. The third-order valence-electron chi connectivity index (χ3n) is 1.40. The van der Waals surface area contributed by atoms with E-state index in [0.29, 0.717) is 6.54 Å². The maximum Gasteiger partial charge on any atom is 0.230 e. The molecule has 0 bridgehead atoms. The van der Waals surface area contributed by atoms with E-state index in [1.807, 2.05) is 12.1 Å². The van der Waals surface area contributed by atoms with Gasteiger partial charge in [0.05, 0.1) is 12.3 Å². The van der Waals surface area contributed by atoms with Crippen LogP contribution in [0, 0.1) is 6.92 Å². The first kappa shape index (κ1) is 9.61. The molecule has 12 heavy (non-hydrogen) atoms. The predicted octanol–water partition coefficient (Wildman–Crippen LogP) is 1.60. The maximum atomic E-state index is 10.8. The third-order valence-corrected chi connectivity index (χ3v) is 2.69. The van der Waals surface area contributed by atoms with Crippen molar-refractivity contribution in [2.24, 2.45) is 0 Å². The number of hydrogen-bond donors (Lipinski definition) is 2. The Balaban J connectivity index is 2.38. The molecule has 0 aliphatic rings. The molecule has 0 unspecified atom stereocenters. The van der Waals surface area contributed by atoms with Crippen LogP contribution >= 0.6 is 24.0 Å². The lowest BCUT2D eigenvalue weighted by Gasteiger charge is -1.98. The standard InChI is InChI=1S/C8H11NOS2/c1-6-2-3-7(12-6)4-9-8(10)5-11/h2-3,11H,4-5H2,1H3,(H,9,10). The van der Waals surface area contributed by atoms with Crippen molar-refractivity contribution >= 4 is 29.9 Å². The fourth-order valence-corrected chi connectivity index (χ4v) is 1.76. The first-order valence-corrected chi connectivity index (χ1v) is 5.10. The lowest BCUT2D eigenvalue weighted by atomic mass is 10.4. The molecule has 0 saturated carbocycles. The van der Waals surface area contributed by atoms with E-state index in [9.17, 15) is 4.79 Å². The number of thiophene rings is 1. The highest BCUT2D eigenvalue weighted by Crippen LogP contribution is 2.14. The minimum atomic E-state index is -0.0237. The molecule has 0 aromatic carbocycles. The molecule has 1 heterocycles. The molecule has 1 amide bonds. The van der Waals surface area contributed by atoms with Crippen molar-refractivity contribution in [1.82, 2.24) is 5.32 Å². The van der Waals surface area contributed by atoms with Gasteiger partial charge in [-0.2, -0.15) is 12.6 Å². The van der Waals surface area contributed by atoms with Crippen molar-refractivity contribution in [3.05, 3.63) is 21.9 Å². The average Bonchev–Trinajstić information content (AvgIpc) is 2.47. The van der Waals surface area contributed by atoms with E-state index in [4.69, 9.17) is 0 Å². The van der Waals surface area contributed by atoms with E-state index >= 15 is 0 Å². The molecule has 1 rings (SSSR count). The molecule has 0 fully saturated rings. The van der Waals surface area contributed by atoms with Crippen LogP contribution in [0.3, 0.4) is 0 Å². The van der Waals surface area contributed by atoms with Crippen molar-refractivity contribution in [2.45, 2.75) is 13.5 Å². The van der Waals surface area contributed by atoms with Gasteiger partial charge in [-0.15, -0.1) is 11.3 Å². The Hall–Kier alpha value is -0.480. The molecule has 1 N–H and O–H groups in total. The zero-order valence-electron chi connectivity index (χ0n) is 6.83. The minimum absolute atomic E-state index is 0.0237. The average molecular weight is 201 g/mol. The Morgan fingerprint density at radius 3 is 2.92 bits per heavy atom. The number of hydrogen-bond acceptors (Lipinski definition) is 3. The van der Waals surface area contributed by atoms with Crippen molar-refractivity contribution < 1.29 is 4.79 Å². The van der Waals surface area contributed by atoms with Gasteiger partial charge >= 0.3 is 0 Å². The zero-order valence-corrected chi connectivity index (χ0v) is 8.54. The number of carbonyl (C=O) groups is 1. The second kappa shape index (κ2) is 4.52. The molecule has 0 atom stereocenters. The van der Waals surface area contributed by atoms with Crippen LogP contribution in [0.5, 0.6) is 0 Å². The van der Waals surface area contributed by atoms with Gasteiger partial charge in [0.25, 0.3) is 0 Å². The first-order valence-electron chi connectivity index (χ1n) is 3.65. The summed E-state index contributed by atoms with van der Waals surface area (Å²) in [7, 11) is 0. The number of thiol groups is 1. The van der Waals surface area contributed by atoms with Crippen LogP contribution in [-0.4, -0.2) is 11.7 Å². The van der Waals surface area contributed by atoms with Gasteiger partial charge in [-0.05, 0) is 19.1 Å². The van der Waals surface area contributed by atoms with Crippen molar-refractivity contribution in [3.8, 4) is 0 Å². The van der Waals surface area contributed by atoms with Crippen LogP contribution in [0.2, 0.25) is 0 Å². The number of rotatable bonds is 3. The molecular weight excluding hydrogens is 190 g/mol. The molecule has 0 aliphatic carbocycles. The summed E-state index contributed by atoms with van der Waals surface area (Å²) in [6.07, 6.45) is 0. The third kappa shape index (κ3) is 2.87. The summed E-state index contributed by atoms with van der Waals surface area (Å²) in [4.78, 5) is 13.3. The summed E-state index contributed by atoms with van der Waals surface area (Å²) in [6.45, 7) is 2.67. The second-order valence-electron chi connectivity index (χ2n) is 2.45. The van der Waals surface area contributed by atoms with Crippen LogP contribution in [0.4, 0.5) is 0 Å². The quantitative estimate of drug-likeness (QED) is 0.715. The number of amides is 1. The Morgan fingerprint density at radius 2 is 2.42 bits per heavy atom. The van der Waals surface area contributed by atoms with E-state index in [-0.39, 0.29) is 11.7 Å². The van der Waals surface area contributed by atoms with E-state index in [1.165, 1.54) is 9.75 Å². The van der Waals surface area contributed by atoms with Crippen molar-refractivity contribution in [2.75, 3.05) is 5.75 Å². The second-order valence-corrected chi connectivity index (χ2v) is 4.14. The summed E-state index contributed by atoms with van der Waals surface area (Å²) in [6, 6.07) is 4.08. The molecule has 0 aliphatic heterocycles. The SMILES string of the molecule is Cc1ccc(CNC(=O)CS)s1. The summed E-state index contributed by atoms with van der Waals surface area (Å²) >= 11 is 5.56. The monoisotopic (exact) mass is 201 g/mol. The van der Waals surface area contributed by atoms with Crippen molar-refractivity contribution in [3.63, 3.8) is 0 Å². The summed E-state index contributed by atoms with van der Waals surface area (Å²) < 4.78 is 0. The molecule has 1 aromatic rings. The Morgan fingerprint density at radius 1 is 1.67 bits per heavy atom. The van der Waals surface area contributed by atoms with Gasteiger partial charge < -0.3 is 5.32 Å². The van der Waals surface area contributed by atoms with Gasteiger partial charge in [0.2, 0.25) is 5.91 Å². The highest BCUT2D eigenvalue weighted by Gasteiger charge is 1.99. The number of carbonyl (C=O) groups excluding carboxylic acids is 1. The summed E-state index contributed by atoms with van der Waals surface area (Å²) in [5, 5.41) is 2.76. The van der Waals surface area contributed by atoms with E-state index < -0.39 is 0 Å². The first-order chi connectivity index (χ1) is 5.72. The smallest absolute Gasteiger partial charge is 0.230 e. The topological polar surface area (TPSA) is 29.1 Å². The lowest BCUT2D eigenvalue weighted by molar-refractivity contribution is -0.118. The highest BCUT2D eigenvalue weighted by atomic mass is 32.1. The minimum Gasteiger partial charge on any atom is -0.351 e. The molecule has 0 spiro atoms. The van der Waals surface area contributed by atoms with E-state index in [0.717, 1.165) is 0 Å². The van der Waals surface area contributed by atoms with E-state index in [2.05, 4.69) is 24.9 Å². The fraction of sp³-hybridized carbons (Fsp3) is 0.375. The highest BCUT2D eigenvalue weighted by molar-refractivity contribution is 7.81. The van der Waals surface area contributed by atoms with Gasteiger partial charge in [-0.25, -0.2) is 0 Å². The van der Waals surface area contributed by atoms with Gasteiger partial charge in [-0.3, -0.25) is 4.79 Å². The molecular formula is C8H11NOS2. The largest absolute Gasteiger partial charge is 0.351 e. The Kier molecular flexibility index (Phi) is 3.62. The van der Waals surface area contributed by atoms with Gasteiger partial charge in [0.1, 0.15) is 0 Å². The maximum absolute atomic E-state index is 10.8. The van der Waals surface area contributed by atoms with Gasteiger partial charge in [0.15, 0.2) is 0 Å². The predicted molar refractivity (Wildman–Crippen MR) is 54.8 cm³/mol. The molecule has 0 saturated heterocycles. The number of nitrogens with one attached hydrogen (secondary N) is 1. The Bertz CT molecular complexity index is 270. The molecule has 1 aromatic heterocycles. The van der Waals surface area contributed by atoms with Crippen LogP contribution in [0.15, 0.2) is 12.1 Å². The number of aryl methyl sites for hydroxylation is 1. The Labute approximate surface area is 81.4 Å².